The highest BCUT2D eigenvalue weighted by Gasteiger charge is 2.29. The lowest BCUT2D eigenvalue weighted by atomic mass is 10.1. The van der Waals surface area contributed by atoms with Crippen molar-refractivity contribution in [2.24, 2.45) is 0 Å². The molecule has 0 saturated carbocycles. The summed E-state index contributed by atoms with van der Waals surface area (Å²) in [7, 11) is -9.82. The fourth-order valence-corrected chi connectivity index (χ4v) is 12.3. The molecule has 0 aliphatic rings. The Morgan fingerprint density at radius 3 is 0.771 bits per heavy atom. The summed E-state index contributed by atoms with van der Waals surface area (Å²) in [5, 5.41) is 20.7. The van der Waals surface area contributed by atoms with Gasteiger partial charge < -0.3 is 34.2 Å². The topological polar surface area (TPSA) is 231 Å². The molecule has 0 fully saturated rings. The zero-order valence-corrected chi connectivity index (χ0v) is 69.7. The second-order valence-corrected chi connectivity index (χ2v) is 30.4. The van der Waals surface area contributed by atoms with E-state index < -0.39 is 91.5 Å². The lowest BCUT2D eigenvalue weighted by molar-refractivity contribution is -0.161. The first kappa shape index (κ1) is 104. The number of esters is 3. The highest BCUT2D eigenvalue weighted by molar-refractivity contribution is 7.47. The fourth-order valence-electron chi connectivity index (χ4n) is 10.8. The number of phosphoric acid groups is 2. The summed E-state index contributed by atoms with van der Waals surface area (Å²) in [5.74, 6) is -1.62. The molecule has 5 atom stereocenters. The molecule has 109 heavy (non-hydrogen) atoms. The molecule has 0 aromatic rings. The number of aliphatic hydroxyl groups excluding tert-OH is 2. The average molecular weight is 1560 g/mol. The van der Waals surface area contributed by atoms with Gasteiger partial charge in [-0.1, -0.05) is 319 Å². The van der Waals surface area contributed by atoms with Gasteiger partial charge in [-0.05, 0) is 161 Å². The van der Waals surface area contributed by atoms with Crippen molar-refractivity contribution in [3.63, 3.8) is 0 Å². The third-order valence-electron chi connectivity index (χ3n) is 17.1. The van der Waals surface area contributed by atoms with Gasteiger partial charge in [0, 0.05) is 19.3 Å². The minimum absolute atomic E-state index is 0.0802. The molecule has 0 aliphatic carbocycles. The molecule has 0 spiro atoms. The Balaban J connectivity index is 4.66. The van der Waals surface area contributed by atoms with Crippen LogP contribution in [0.25, 0.3) is 0 Å². The summed E-state index contributed by atoms with van der Waals surface area (Å²) in [4.78, 5) is 58.8. The number of ether oxygens (including phenoxy) is 3. The molecule has 5 unspecified atom stereocenters. The van der Waals surface area contributed by atoms with E-state index >= 15 is 0 Å². The SMILES string of the molecule is CC/C=C\C/C=C\C/C=C\C/C=C\C/C=C\C/C=C\CCCCCCCCCCCCC(=O)OCC(O)COP(=O)(O)OCC(O)COP(=O)(O)OCC(COC(=O)CCCCCCCC/C=C\C/C=C\C/C=C\C/C=C\C/C=C\C/C=C\CC)OC(=O)CCCCCCCC/C=C\C/C=C\C/C=C\CCCCC. The molecule has 0 amide bonds. The largest absolute Gasteiger partial charge is 0.472 e. The highest BCUT2D eigenvalue weighted by Crippen LogP contribution is 2.45. The number of allylic oxidation sites excluding steroid dienone is 30. The molecule has 0 aliphatic heterocycles. The number of phosphoric ester groups is 2. The molecule has 0 heterocycles. The molecule has 0 saturated heterocycles. The summed E-state index contributed by atoms with van der Waals surface area (Å²) in [6.45, 7) is 2.39. The zero-order valence-electron chi connectivity index (χ0n) is 67.9. The molecule has 620 valence electrons. The van der Waals surface area contributed by atoms with Crippen LogP contribution < -0.4 is 0 Å². The number of aliphatic hydroxyl groups is 2. The van der Waals surface area contributed by atoms with Crippen LogP contribution >= 0.6 is 15.6 Å². The first-order valence-electron chi connectivity index (χ1n) is 42.1. The van der Waals surface area contributed by atoms with Crippen LogP contribution in [0.2, 0.25) is 0 Å². The summed E-state index contributed by atoms with van der Waals surface area (Å²) in [6, 6.07) is 0. The van der Waals surface area contributed by atoms with Crippen LogP contribution in [0.5, 0.6) is 0 Å². The van der Waals surface area contributed by atoms with Gasteiger partial charge in [-0.25, -0.2) is 9.13 Å². The van der Waals surface area contributed by atoms with Gasteiger partial charge in [0.2, 0.25) is 0 Å². The zero-order chi connectivity index (χ0) is 79.4. The van der Waals surface area contributed by atoms with Gasteiger partial charge in [-0.2, -0.15) is 0 Å². The maximum absolute atomic E-state index is 13.0. The third-order valence-corrected chi connectivity index (χ3v) is 19.0. The van der Waals surface area contributed by atoms with Crippen LogP contribution in [0.3, 0.4) is 0 Å². The number of hydrogen-bond donors (Lipinski definition) is 4. The molecule has 18 heteroatoms. The Morgan fingerprint density at radius 2 is 0.486 bits per heavy atom. The van der Waals surface area contributed by atoms with Gasteiger partial charge in [0.15, 0.2) is 6.10 Å². The van der Waals surface area contributed by atoms with Crippen molar-refractivity contribution in [1.82, 2.24) is 0 Å². The van der Waals surface area contributed by atoms with Crippen molar-refractivity contribution < 1.29 is 75.8 Å². The van der Waals surface area contributed by atoms with Gasteiger partial charge in [0.25, 0.3) is 0 Å². The average Bonchev–Trinajstić information content (AvgIpc) is 0.902. The van der Waals surface area contributed by atoms with E-state index in [1.54, 1.807) is 0 Å². The highest BCUT2D eigenvalue weighted by atomic mass is 31.2. The standard InChI is InChI=1S/C91H150O16P2/c1-4-7-10-13-16-19-22-25-28-31-34-36-38-40-41-42-43-45-47-48-51-53-56-59-62-65-68-71-74-77-89(94)101-80-86(92)81-103-108(97,98)104-82-87(93)83-105-109(99,100)106-85-88(107-91(96)79-76-73-70-67-64-61-58-55-50-33-30-27-24-21-18-15-12-9-6-3)84-102-90(95)78-75-72-69-66-63-60-57-54-52-49-46-44-39-37-35-32-29-26-23-20-17-14-11-8-5-2/h7-8,10-11,16-21,25-30,34-37,40-41,43-46,50,52,54-55,86-88,92-93H,4-6,9,12-15,22-24,31-33,38-39,42,47-49,51,53,56-85H2,1-3H3,(H,97,98)(H,99,100)/b10-7-,11-8-,19-16-,20-17-,21-18-,28-25-,29-26-,30-27-,36-34-,37-35-,41-40-,45-43-,46-44-,54-52-,55-50-. The number of unbranched alkanes of at least 4 members (excludes halogenated alkanes) is 25. The molecule has 0 aromatic heterocycles. The number of hydrogen-bond acceptors (Lipinski definition) is 14. The predicted octanol–water partition coefficient (Wildman–Crippen LogP) is 25.3. The maximum Gasteiger partial charge on any atom is 0.472 e. The number of carbonyl (C=O) groups is 3. The van der Waals surface area contributed by atoms with E-state index in [2.05, 4.69) is 203 Å². The van der Waals surface area contributed by atoms with E-state index in [9.17, 15) is 43.5 Å². The Morgan fingerprint density at radius 1 is 0.266 bits per heavy atom. The van der Waals surface area contributed by atoms with Gasteiger partial charge in [-0.3, -0.25) is 32.5 Å². The molecule has 4 N–H and O–H groups in total. The summed E-state index contributed by atoms with van der Waals surface area (Å²) in [6.07, 6.45) is 106. The Bertz CT molecular complexity index is 2710. The minimum atomic E-state index is -4.95. The molecule has 0 rings (SSSR count). The summed E-state index contributed by atoms with van der Waals surface area (Å²) < 4.78 is 61.3. The van der Waals surface area contributed by atoms with Gasteiger partial charge >= 0.3 is 33.6 Å². The minimum Gasteiger partial charge on any atom is -0.463 e. The summed E-state index contributed by atoms with van der Waals surface area (Å²) in [5.41, 5.74) is 0. The van der Waals surface area contributed by atoms with E-state index in [0.717, 1.165) is 205 Å². The Labute approximate surface area is 662 Å². The van der Waals surface area contributed by atoms with Crippen molar-refractivity contribution in [2.75, 3.05) is 39.6 Å². The van der Waals surface area contributed by atoms with E-state index in [4.69, 9.17) is 32.3 Å². The molecule has 0 aromatic carbocycles. The van der Waals surface area contributed by atoms with E-state index in [-0.39, 0.29) is 19.3 Å². The third kappa shape index (κ3) is 83.4. The quantitative estimate of drug-likeness (QED) is 0.0146. The number of rotatable bonds is 78. The van der Waals surface area contributed by atoms with Crippen molar-refractivity contribution in [2.45, 2.75) is 334 Å². The normalized spacial score (nSPS) is 14.8. The van der Waals surface area contributed by atoms with Crippen molar-refractivity contribution in [1.29, 1.82) is 0 Å². The van der Waals surface area contributed by atoms with Crippen LogP contribution in [-0.2, 0) is 55.8 Å². The van der Waals surface area contributed by atoms with Gasteiger partial charge in [-0.15, -0.1) is 0 Å². The first-order chi connectivity index (χ1) is 53.2. The maximum atomic E-state index is 13.0. The first-order valence-corrected chi connectivity index (χ1v) is 45.1. The molecule has 0 bridgehead atoms. The van der Waals surface area contributed by atoms with Gasteiger partial charge in [0.1, 0.15) is 25.4 Å². The molecular formula is C91H150O16P2. The van der Waals surface area contributed by atoms with Crippen LogP contribution in [0.1, 0.15) is 316 Å². The van der Waals surface area contributed by atoms with Crippen LogP contribution in [0, 0.1) is 0 Å². The van der Waals surface area contributed by atoms with Crippen molar-refractivity contribution in [3.05, 3.63) is 182 Å². The van der Waals surface area contributed by atoms with Crippen molar-refractivity contribution >= 4 is 33.6 Å². The second-order valence-electron chi connectivity index (χ2n) is 27.5. The Kier molecular flexibility index (Phi) is 78.1. The second kappa shape index (κ2) is 82.1. The Hall–Kier alpha value is -5.35. The van der Waals surface area contributed by atoms with Crippen LogP contribution in [0.15, 0.2) is 182 Å². The van der Waals surface area contributed by atoms with Gasteiger partial charge in [0.05, 0.1) is 26.4 Å². The molecule has 0 radical (unpaired) electrons. The molecule has 16 nitrogen and oxygen atoms in total. The number of carbonyl (C=O) groups excluding carboxylic acids is 3. The smallest absolute Gasteiger partial charge is 0.463 e. The van der Waals surface area contributed by atoms with E-state index in [1.807, 2.05) is 0 Å². The van der Waals surface area contributed by atoms with Crippen LogP contribution in [0.4, 0.5) is 0 Å². The monoisotopic (exact) mass is 1560 g/mol. The van der Waals surface area contributed by atoms with Crippen LogP contribution in [-0.4, -0.2) is 95.9 Å². The lowest BCUT2D eigenvalue weighted by Crippen LogP contribution is -2.30. The lowest BCUT2D eigenvalue weighted by Gasteiger charge is -2.21. The molecular weight excluding hydrogens is 1410 g/mol. The summed E-state index contributed by atoms with van der Waals surface area (Å²) >= 11 is 0. The predicted molar refractivity (Wildman–Crippen MR) is 454 cm³/mol. The van der Waals surface area contributed by atoms with Crippen molar-refractivity contribution in [3.8, 4) is 0 Å². The van der Waals surface area contributed by atoms with E-state index in [0.29, 0.717) is 19.3 Å². The van der Waals surface area contributed by atoms with E-state index in [1.165, 1.54) is 51.4 Å². The fraction of sp³-hybridized carbons (Fsp3) is 0.637.